The summed E-state index contributed by atoms with van der Waals surface area (Å²) in [6.07, 6.45) is 0. The van der Waals surface area contributed by atoms with Crippen LogP contribution in [-0.2, 0) is 11.3 Å². The zero-order chi connectivity index (χ0) is 19.6. The molecular formula is C21H28N2O4. The fourth-order valence-electron chi connectivity index (χ4n) is 2.54. The van der Waals surface area contributed by atoms with Gasteiger partial charge in [-0.05, 0) is 50.6 Å². The van der Waals surface area contributed by atoms with Crippen LogP contribution in [0.4, 0.5) is 5.69 Å². The molecule has 0 saturated carbocycles. The molecule has 2 aromatic rings. The Bertz CT molecular complexity index is 731. The van der Waals surface area contributed by atoms with E-state index in [0.29, 0.717) is 31.3 Å². The first kappa shape index (κ1) is 20.4. The molecule has 0 heterocycles. The van der Waals surface area contributed by atoms with Crippen molar-refractivity contribution in [3.63, 3.8) is 0 Å². The number of rotatable bonds is 10. The minimum Gasteiger partial charge on any atom is -0.497 e. The van der Waals surface area contributed by atoms with Crippen LogP contribution in [-0.4, -0.2) is 32.3 Å². The van der Waals surface area contributed by atoms with Gasteiger partial charge in [0.05, 0.1) is 20.3 Å². The summed E-state index contributed by atoms with van der Waals surface area (Å²) < 4.78 is 16.3. The Morgan fingerprint density at radius 1 is 1.00 bits per heavy atom. The number of hydrogen-bond acceptors (Lipinski definition) is 5. The molecule has 0 aliphatic carbocycles. The van der Waals surface area contributed by atoms with Crippen LogP contribution in [0.25, 0.3) is 0 Å². The van der Waals surface area contributed by atoms with Crippen molar-refractivity contribution in [1.82, 2.24) is 5.32 Å². The molecule has 0 spiro atoms. The normalized spacial score (nSPS) is 11.4. The molecule has 1 amide bonds. The summed E-state index contributed by atoms with van der Waals surface area (Å²) in [5, 5.41) is 6.13. The Balaban J connectivity index is 1.93. The van der Waals surface area contributed by atoms with Gasteiger partial charge >= 0.3 is 0 Å². The highest BCUT2D eigenvalue weighted by molar-refractivity contribution is 5.84. The second-order valence-electron chi connectivity index (χ2n) is 5.96. The molecule has 2 rings (SSSR count). The van der Waals surface area contributed by atoms with Crippen LogP contribution in [0.2, 0.25) is 0 Å². The van der Waals surface area contributed by atoms with E-state index in [1.54, 1.807) is 7.11 Å². The highest BCUT2D eigenvalue weighted by Gasteiger charge is 2.14. The zero-order valence-electron chi connectivity index (χ0n) is 16.4. The maximum Gasteiger partial charge on any atom is 0.242 e. The van der Waals surface area contributed by atoms with E-state index >= 15 is 0 Å². The predicted molar refractivity (Wildman–Crippen MR) is 107 cm³/mol. The molecule has 1 atom stereocenters. The Kier molecular flexibility index (Phi) is 7.79. The van der Waals surface area contributed by atoms with Crippen LogP contribution in [0.3, 0.4) is 0 Å². The molecule has 0 fully saturated rings. The van der Waals surface area contributed by atoms with Crippen molar-refractivity contribution >= 4 is 11.6 Å². The molecule has 0 unspecified atom stereocenters. The molecule has 0 aromatic heterocycles. The van der Waals surface area contributed by atoms with E-state index in [-0.39, 0.29) is 5.91 Å². The lowest BCUT2D eigenvalue weighted by Gasteiger charge is -2.17. The van der Waals surface area contributed by atoms with Gasteiger partial charge < -0.3 is 24.8 Å². The molecule has 0 radical (unpaired) electrons. The van der Waals surface area contributed by atoms with Crippen molar-refractivity contribution in [2.45, 2.75) is 33.4 Å². The molecule has 2 aromatic carbocycles. The number of nitrogens with one attached hydrogen (secondary N) is 2. The Hall–Kier alpha value is -2.89. The third kappa shape index (κ3) is 6.09. The quantitative estimate of drug-likeness (QED) is 0.667. The van der Waals surface area contributed by atoms with Gasteiger partial charge in [0, 0.05) is 18.3 Å². The minimum atomic E-state index is -0.393. The van der Waals surface area contributed by atoms with Crippen molar-refractivity contribution in [2.75, 3.05) is 25.6 Å². The smallest absolute Gasteiger partial charge is 0.242 e. The van der Waals surface area contributed by atoms with Gasteiger partial charge in [-0.1, -0.05) is 12.1 Å². The summed E-state index contributed by atoms with van der Waals surface area (Å²) in [6.45, 7) is 7.24. The molecule has 0 aliphatic rings. The minimum absolute atomic E-state index is 0.0855. The van der Waals surface area contributed by atoms with Crippen LogP contribution in [0, 0.1) is 0 Å². The van der Waals surface area contributed by atoms with Crippen LogP contribution in [0.15, 0.2) is 42.5 Å². The van der Waals surface area contributed by atoms with Crippen LogP contribution >= 0.6 is 0 Å². The molecule has 27 heavy (non-hydrogen) atoms. The van der Waals surface area contributed by atoms with E-state index in [4.69, 9.17) is 14.2 Å². The molecule has 6 nitrogen and oxygen atoms in total. The number of amides is 1. The van der Waals surface area contributed by atoms with Gasteiger partial charge in [0.1, 0.15) is 11.8 Å². The lowest BCUT2D eigenvalue weighted by Crippen LogP contribution is -2.37. The van der Waals surface area contributed by atoms with Gasteiger partial charge in [-0.3, -0.25) is 4.79 Å². The highest BCUT2D eigenvalue weighted by atomic mass is 16.5. The lowest BCUT2D eigenvalue weighted by atomic mass is 10.2. The molecule has 0 aliphatic heterocycles. The molecular weight excluding hydrogens is 344 g/mol. The second kappa shape index (κ2) is 10.3. The van der Waals surface area contributed by atoms with E-state index < -0.39 is 6.04 Å². The van der Waals surface area contributed by atoms with Crippen LogP contribution in [0.5, 0.6) is 17.2 Å². The Morgan fingerprint density at radius 3 is 2.30 bits per heavy atom. The van der Waals surface area contributed by atoms with Crippen LogP contribution < -0.4 is 24.8 Å². The van der Waals surface area contributed by atoms with Crippen molar-refractivity contribution in [1.29, 1.82) is 0 Å². The third-order valence-electron chi connectivity index (χ3n) is 3.95. The summed E-state index contributed by atoms with van der Waals surface area (Å²) in [4.78, 5) is 12.4. The average Bonchev–Trinajstić information content (AvgIpc) is 2.68. The van der Waals surface area contributed by atoms with Gasteiger partial charge in [0.15, 0.2) is 11.5 Å². The molecule has 146 valence electrons. The topological polar surface area (TPSA) is 68.8 Å². The standard InChI is InChI=1S/C21H28N2O4/c1-5-26-19-12-9-17(13-20(19)27-6-2)23-15(3)21(24)22-14-16-7-10-18(25-4)11-8-16/h7-13,15,23H,5-6,14H2,1-4H3,(H,22,24)/t15-/m0/s1. The van der Waals surface area contributed by atoms with Gasteiger partial charge in [-0.2, -0.15) is 0 Å². The van der Waals surface area contributed by atoms with E-state index in [1.165, 1.54) is 0 Å². The molecule has 6 heteroatoms. The number of anilines is 1. The maximum atomic E-state index is 12.4. The largest absolute Gasteiger partial charge is 0.497 e. The fourth-order valence-corrected chi connectivity index (χ4v) is 2.54. The SMILES string of the molecule is CCOc1ccc(N[C@@H](C)C(=O)NCc2ccc(OC)cc2)cc1OCC. The summed E-state index contributed by atoms with van der Waals surface area (Å²) in [5.41, 5.74) is 1.81. The number of carbonyl (C=O) groups excluding carboxylic acids is 1. The number of carbonyl (C=O) groups is 1. The van der Waals surface area contributed by atoms with Crippen LogP contribution in [0.1, 0.15) is 26.3 Å². The Labute approximate surface area is 160 Å². The Morgan fingerprint density at radius 2 is 1.67 bits per heavy atom. The molecule has 0 bridgehead atoms. The summed E-state index contributed by atoms with van der Waals surface area (Å²) in [6, 6.07) is 12.8. The van der Waals surface area contributed by atoms with Crippen molar-refractivity contribution in [3.05, 3.63) is 48.0 Å². The monoisotopic (exact) mass is 372 g/mol. The summed E-state index contributed by atoms with van der Waals surface area (Å²) in [5.74, 6) is 2.06. The second-order valence-corrected chi connectivity index (χ2v) is 5.96. The molecule has 0 saturated heterocycles. The van der Waals surface area contributed by atoms with Crippen molar-refractivity contribution < 1.29 is 19.0 Å². The van der Waals surface area contributed by atoms with Crippen molar-refractivity contribution in [2.24, 2.45) is 0 Å². The first-order valence-electron chi connectivity index (χ1n) is 9.14. The summed E-state index contributed by atoms with van der Waals surface area (Å²) in [7, 11) is 1.63. The number of benzene rings is 2. The first-order chi connectivity index (χ1) is 13.1. The first-order valence-corrected chi connectivity index (χ1v) is 9.14. The van der Waals surface area contributed by atoms with E-state index in [9.17, 15) is 4.79 Å². The van der Waals surface area contributed by atoms with Gasteiger partial charge in [0.2, 0.25) is 5.91 Å². The van der Waals surface area contributed by atoms with Gasteiger partial charge in [0.25, 0.3) is 0 Å². The fraction of sp³-hybridized carbons (Fsp3) is 0.381. The predicted octanol–water partition coefficient (Wildman–Crippen LogP) is 3.61. The maximum absolute atomic E-state index is 12.4. The third-order valence-corrected chi connectivity index (χ3v) is 3.95. The number of hydrogen-bond donors (Lipinski definition) is 2. The summed E-state index contributed by atoms with van der Waals surface area (Å²) >= 11 is 0. The lowest BCUT2D eigenvalue weighted by molar-refractivity contribution is -0.121. The van der Waals surface area contributed by atoms with E-state index in [0.717, 1.165) is 17.0 Å². The zero-order valence-corrected chi connectivity index (χ0v) is 16.4. The van der Waals surface area contributed by atoms with E-state index in [2.05, 4.69) is 10.6 Å². The van der Waals surface area contributed by atoms with Crippen molar-refractivity contribution in [3.8, 4) is 17.2 Å². The van der Waals surface area contributed by atoms with Gasteiger partial charge in [-0.15, -0.1) is 0 Å². The average molecular weight is 372 g/mol. The highest BCUT2D eigenvalue weighted by Crippen LogP contribution is 2.30. The molecule has 2 N–H and O–H groups in total. The number of ether oxygens (including phenoxy) is 3. The van der Waals surface area contributed by atoms with Gasteiger partial charge in [-0.25, -0.2) is 0 Å². The number of methoxy groups -OCH3 is 1. The van der Waals surface area contributed by atoms with E-state index in [1.807, 2.05) is 63.2 Å².